The van der Waals surface area contributed by atoms with Crippen molar-refractivity contribution in [3.05, 3.63) is 64.6 Å². The highest BCUT2D eigenvalue weighted by atomic mass is 19.4. The Morgan fingerprint density at radius 1 is 1.11 bits per heavy atom. The molecule has 2 heterocycles. The van der Waals surface area contributed by atoms with E-state index in [2.05, 4.69) is 14.8 Å². The molecule has 0 saturated carbocycles. The highest BCUT2D eigenvalue weighted by Crippen LogP contribution is 2.25. The summed E-state index contributed by atoms with van der Waals surface area (Å²) in [6.07, 6.45) is -3.35. The van der Waals surface area contributed by atoms with Gasteiger partial charge in [-0.1, -0.05) is 12.1 Å². The van der Waals surface area contributed by atoms with Gasteiger partial charge in [-0.2, -0.15) is 0 Å². The highest BCUT2D eigenvalue weighted by Gasteiger charge is 2.31. The summed E-state index contributed by atoms with van der Waals surface area (Å²) in [6.45, 7) is -0.125. The predicted octanol–water partition coefficient (Wildman–Crippen LogP) is 3.26. The van der Waals surface area contributed by atoms with Gasteiger partial charge in [0.2, 0.25) is 0 Å². The van der Waals surface area contributed by atoms with Crippen molar-refractivity contribution in [3.8, 4) is 11.4 Å². The second-order valence-electron chi connectivity index (χ2n) is 5.85. The van der Waals surface area contributed by atoms with E-state index in [-0.39, 0.29) is 17.9 Å². The van der Waals surface area contributed by atoms with Crippen LogP contribution in [0.3, 0.4) is 0 Å². The molecule has 9 heteroatoms. The zero-order valence-corrected chi connectivity index (χ0v) is 13.6. The molecule has 0 amide bonds. The molecule has 4 rings (SSSR count). The van der Waals surface area contributed by atoms with Gasteiger partial charge in [-0.3, -0.25) is 14.9 Å². The standard InChI is InChI=1S/C18H12F3N3O3/c19-18(20,21)27-12-4-2-11(3-5-12)24-17(26)14-8-22-15-7-10(9-25)1-6-13(15)16(14)23-24/h1-8,23,25H,9H2. The fraction of sp³-hybridized carbons (Fsp3) is 0.111. The highest BCUT2D eigenvalue weighted by molar-refractivity contribution is 6.02. The lowest BCUT2D eigenvalue weighted by molar-refractivity contribution is -0.274. The Morgan fingerprint density at radius 3 is 2.52 bits per heavy atom. The van der Waals surface area contributed by atoms with Crippen molar-refractivity contribution >= 4 is 21.8 Å². The predicted molar refractivity (Wildman–Crippen MR) is 91.8 cm³/mol. The van der Waals surface area contributed by atoms with Crippen molar-refractivity contribution in [2.75, 3.05) is 0 Å². The Balaban J connectivity index is 1.81. The number of hydrogen-bond donors (Lipinski definition) is 2. The first-order valence-corrected chi connectivity index (χ1v) is 7.85. The molecule has 2 aromatic carbocycles. The largest absolute Gasteiger partial charge is 0.573 e. The number of fused-ring (bicyclic) bond motifs is 3. The van der Waals surface area contributed by atoms with E-state index in [1.807, 2.05) is 0 Å². The maximum Gasteiger partial charge on any atom is 0.573 e. The van der Waals surface area contributed by atoms with Crippen molar-refractivity contribution in [1.82, 2.24) is 14.8 Å². The van der Waals surface area contributed by atoms with Gasteiger partial charge in [-0.15, -0.1) is 13.2 Å². The molecule has 138 valence electrons. The number of halogens is 3. The number of ether oxygens (including phenoxy) is 1. The van der Waals surface area contributed by atoms with Crippen LogP contribution >= 0.6 is 0 Å². The van der Waals surface area contributed by atoms with E-state index in [9.17, 15) is 23.1 Å². The van der Waals surface area contributed by atoms with E-state index < -0.39 is 6.36 Å². The Kier molecular flexibility index (Phi) is 3.88. The van der Waals surface area contributed by atoms with E-state index in [0.717, 1.165) is 12.1 Å². The normalized spacial score (nSPS) is 12.0. The summed E-state index contributed by atoms with van der Waals surface area (Å²) in [7, 11) is 0. The zero-order valence-electron chi connectivity index (χ0n) is 13.6. The molecule has 0 unspecified atom stereocenters. The number of rotatable bonds is 3. The number of benzene rings is 2. The number of pyridine rings is 1. The first-order chi connectivity index (χ1) is 12.9. The third-order valence-corrected chi connectivity index (χ3v) is 4.10. The molecule has 0 fully saturated rings. The molecule has 0 saturated heterocycles. The van der Waals surface area contributed by atoms with Crippen molar-refractivity contribution < 1.29 is 23.0 Å². The van der Waals surface area contributed by atoms with Crippen molar-refractivity contribution in [2.45, 2.75) is 13.0 Å². The van der Waals surface area contributed by atoms with Crippen LogP contribution in [0.5, 0.6) is 5.75 Å². The summed E-state index contributed by atoms with van der Waals surface area (Å²) in [6, 6.07) is 10.1. The van der Waals surface area contributed by atoms with Crippen LogP contribution in [0.15, 0.2) is 53.5 Å². The average molecular weight is 375 g/mol. The Labute approximate surface area is 149 Å². The number of aromatic amines is 1. The Bertz CT molecular complexity index is 1190. The molecular formula is C18H12F3N3O3. The van der Waals surface area contributed by atoms with Crippen LogP contribution < -0.4 is 10.3 Å². The van der Waals surface area contributed by atoms with Gasteiger partial charge in [0.15, 0.2) is 0 Å². The molecule has 27 heavy (non-hydrogen) atoms. The molecule has 6 nitrogen and oxygen atoms in total. The van der Waals surface area contributed by atoms with Crippen LogP contribution in [-0.2, 0) is 6.61 Å². The van der Waals surface area contributed by atoms with E-state index in [1.165, 1.54) is 23.0 Å². The molecule has 0 radical (unpaired) electrons. The number of alkyl halides is 3. The monoisotopic (exact) mass is 375 g/mol. The minimum absolute atomic E-state index is 0.125. The van der Waals surface area contributed by atoms with Gasteiger partial charge < -0.3 is 9.84 Å². The molecule has 0 bridgehead atoms. The Morgan fingerprint density at radius 2 is 1.85 bits per heavy atom. The summed E-state index contributed by atoms with van der Waals surface area (Å²) in [5.74, 6) is -0.376. The number of nitrogens with zero attached hydrogens (tertiary/aromatic N) is 2. The minimum Gasteiger partial charge on any atom is -0.406 e. The fourth-order valence-electron chi connectivity index (χ4n) is 2.88. The summed E-state index contributed by atoms with van der Waals surface area (Å²) in [4.78, 5) is 16.9. The number of hydrogen-bond acceptors (Lipinski definition) is 4. The van der Waals surface area contributed by atoms with Crippen molar-refractivity contribution in [2.24, 2.45) is 0 Å². The van der Waals surface area contributed by atoms with Gasteiger partial charge >= 0.3 is 6.36 Å². The molecule has 0 aliphatic carbocycles. The summed E-state index contributed by atoms with van der Waals surface area (Å²) >= 11 is 0. The average Bonchev–Trinajstić information content (AvgIpc) is 2.97. The van der Waals surface area contributed by atoms with Gasteiger partial charge in [-0.05, 0) is 35.9 Å². The minimum atomic E-state index is -4.78. The van der Waals surface area contributed by atoms with Crippen LogP contribution in [0, 0.1) is 0 Å². The molecule has 0 spiro atoms. The van der Waals surface area contributed by atoms with Gasteiger partial charge in [0, 0.05) is 11.6 Å². The van der Waals surface area contributed by atoms with Gasteiger partial charge in [0.1, 0.15) is 5.75 Å². The third kappa shape index (κ3) is 3.13. The maximum absolute atomic E-state index is 12.6. The first-order valence-electron chi connectivity index (χ1n) is 7.85. The van der Waals surface area contributed by atoms with Crippen LogP contribution in [0.4, 0.5) is 13.2 Å². The number of aliphatic hydroxyl groups excluding tert-OH is 1. The molecular weight excluding hydrogens is 363 g/mol. The molecule has 4 aromatic rings. The first kappa shape index (κ1) is 17.1. The summed E-state index contributed by atoms with van der Waals surface area (Å²) < 4.78 is 41.9. The van der Waals surface area contributed by atoms with Crippen molar-refractivity contribution in [3.63, 3.8) is 0 Å². The van der Waals surface area contributed by atoms with E-state index in [1.54, 1.807) is 18.2 Å². The van der Waals surface area contributed by atoms with Crippen LogP contribution in [0.2, 0.25) is 0 Å². The lowest BCUT2D eigenvalue weighted by Crippen LogP contribution is -2.17. The Hall–Kier alpha value is -3.33. The number of nitrogens with one attached hydrogen (secondary N) is 1. The van der Waals surface area contributed by atoms with Crippen molar-refractivity contribution in [1.29, 1.82) is 0 Å². The van der Waals surface area contributed by atoms with Gasteiger partial charge in [-0.25, -0.2) is 4.68 Å². The smallest absolute Gasteiger partial charge is 0.406 e. The lowest BCUT2D eigenvalue weighted by Gasteiger charge is -2.09. The fourth-order valence-corrected chi connectivity index (χ4v) is 2.88. The molecule has 2 aromatic heterocycles. The van der Waals surface area contributed by atoms with Crippen LogP contribution in [0.25, 0.3) is 27.5 Å². The second kappa shape index (κ2) is 6.13. The van der Waals surface area contributed by atoms with Crippen LogP contribution in [0.1, 0.15) is 5.56 Å². The molecule has 2 N–H and O–H groups in total. The van der Waals surface area contributed by atoms with E-state index in [4.69, 9.17) is 0 Å². The van der Waals surface area contributed by atoms with Crippen LogP contribution in [-0.4, -0.2) is 26.2 Å². The molecule has 0 atom stereocenters. The second-order valence-corrected chi connectivity index (χ2v) is 5.85. The topological polar surface area (TPSA) is 80.1 Å². The summed E-state index contributed by atoms with van der Waals surface area (Å²) in [5.41, 5.74) is 1.82. The van der Waals surface area contributed by atoms with Gasteiger partial charge in [0.25, 0.3) is 5.56 Å². The third-order valence-electron chi connectivity index (χ3n) is 4.10. The zero-order chi connectivity index (χ0) is 19.2. The van der Waals surface area contributed by atoms with Gasteiger partial charge in [0.05, 0.1) is 28.7 Å². The van der Waals surface area contributed by atoms with E-state index in [0.29, 0.717) is 33.1 Å². The number of aliphatic hydroxyl groups is 1. The quantitative estimate of drug-likeness (QED) is 0.576. The number of H-pyrrole nitrogens is 1. The summed E-state index contributed by atoms with van der Waals surface area (Å²) in [5, 5.41) is 13.2. The number of aromatic nitrogens is 3. The molecule has 0 aliphatic heterocycles. The lowest BCUT2D eigenvalue weighted by atomic mass is 10.1. The molecule has 0 aliphatic rings. The SMILES string of the molecule is O=c1c2cnc3cc(CO)ccc3c2[nH]n1-c1ccc(OC(F)(F)F)cc1. The van der Waals surface area contributed by atoms with E-state index >= 15 is 0 Å². The maximum atomic E-state index is 12.6.